The van der Waals surface area contributed by atoms with Gasteiger partial charge in [0.2, 0.25) is 5.91 Å². The summed E-state index contributed by atoms with van der Waals surface area (Å²) in [7, 11) is 1.59. The highest BCUT2D eigenvalue weighted by Crippen LogP contribution is 2.32. The Bertz CT molecular complexity index is 550. The Morgan fingerprint density at radius 2 is 2.00 bits per heavy atom. The van der Waals surface area contributed by atoms with Crippen molar-refractivity contribution in [3.8, 4) is 0 Å². The van der Waals surface area contributed by atoms with Crippen LogP contribution >= 0.6 is 11.5 Å². The first kappa shape index (κ1) is 15.9. The standard InChI is InChI=1S/C14H21N3O3S/c1-9-11(13(19)20)12(21-16-9)17(2)10(18)8-14(15)6-4-3-5-7-14/h3-8,15H2,1-2H3,(H,19,20). The third-order valence-electron chi connectivity index (χ3n) is 4.09. The maximum absolute atomic E-state index is 12.4. The van der Waals surface area contributed by atoms with Gasteiger partial charge in [-0.3, -0.25) is 4.79 Å². The molecule has 1 saturated carbocycles. The number of rotatable bonds is 4. The number of carboxylic acids is 1. The molecule has 0 spiro atoms. The molecule has 1 amide bonds. The highest BCUT2D eigenvalue weighted by Gasteiger charge is 2.33. The summed E-state index contributed by atoms with van der Waals surface area (Å²) in [6.07, 6.45) is 5.21. The molecule has 2 rings (SSSR count). The number of carboxylic acid groups (broad SMARTS) is 1. The van der Waals surface area contributed by atoms with Crippen molar-refractivity contribution in [1.82, 2.24) is 4.37 Å². The Kier molecular flexibility index (Phi) is 4.63. The number of aromatic carboxylic acids is 1. The average molecular weight is 311 g/mol. The van der Waals surface area contributed by atoms with E-state index in [2.05, 4.69) is 4.37 Å². The normalized spacial score (nSPS) is 17.5. The van der Waals surface area contributed by atoms with Crippen LogP contribution in [-0.2, 0) is 4.79 Å². The van der Waals surface area contributed by atoms with Crippen LogP contribution in [0.2, 0.25) is 0 Å². The van der Waals surface area contributed by atoms with Crippen LogP contribution < -0.4 is 10.6 Å². The number of hydrogen-bond acceptors (Lipinski definition) is 5. The molecule has 0 aromatic carbocycles. The minimum absolute atomic E-state index is 0.102. The van der Waals surface area contributed by atoms with Gasteiger partial charge in [0.15, 0.2) is 0 Å². The number of amides is 1. The number of aryl methyl sites for hydroxylation is 1. The summed E-state index contributed by atoms with van der Waals surface area (Å²) in [5, 5.41) is 9.62. The van der Waals surface area contributed by atoms with Gasteiger partial charge in [0.1, 0.15) is 10.6 Å². The number of aromatic nitrogens is 1. The van der Waals surface area contributed by atoms with Gasteiger partial charge in [0.25, 0.3) is 0 Å². The predicted molar refractivity (Wildman–Crippen MR) is 81.8 cm³/mol. The molecule has 7 heteroatoms. The third-order valence-corrected chi connectivity index (χ3v) is 5.11. The average Bonchev–Trinajstić information content (AvgIpc) is 2.80. The zero-order chi connectivity index (χ0) is 15.6. The van der Waals surface area contributed by atoms with E-state index in [0.29, 0.717) is 10.7 Å². The molecule has 1 aromatic rings. The molecule has 1 aliphatic rings. The summed E-state index contributed by atoms with van der Waals surface area (Å²) < 4.78 is 4.04. The van der Waals surface area contributed by atoms with Gasteiger partial charge in [-0.15, -0.1) is 0 Å². The second kappa shape index (κ2) is 6.11. The molecule has 3 N–H and O–H groups in total. The molecule has 1 heterocycles. The largest absolute Gasteiger partial charge is 0.478 e. The number of hydrogen-bond donors (Lipinski definition) is 2. The van der Waals surface area contributed by atoms with E-state index in [0.717, 1.165) is 37.2 Å². The first-order valence-corrected chi connectivity index (χ1v) is 7.86. The number of nitrogens with two attached hydrogens (primary N) is 1. The van der Waals surface area contributed by atoms with Crippen molar-refractivity contribution in [3.63, 3.8) is 0 Å². The fourth-order valence-electron chi connectivity index (χ4n) is 2.80. The molecule has 1 fully saturated rings. The fraction of sp³-hybridized carbons (Fsp3) is 0.643. The highest BCUT2D eigenvalue weighted by atomic mass is 32.1. The maximum Gasteiger partial charge on any atom is 0.340 e. The fourth-order valence-corrected chi connectivity index (χ4v) is 3.66. The van der Waals surface area contributed by atoms with Crippen molar-refractivity contribution in [2.45, 2.75) is 51.0 Å². The smallest absolute Gasteiger partial charge is 0.340 e. The summed E-state index contributed by atoms with van der Waals surface area (Å²) in [6.45, 7) is 1.63. The van der Waals surface area contributed by atoms with E-state index < -0.39 is 11.5 Å². The first-order chi connectivity index (χ1) is 9.84. The molecule has 21 heavy (non-hydrogen) atoms. The van der Waals surface area contributed by atoms with Gasteiger partial charge in [-0.05, 0) is 31.3 Å². The lowest BCUT2D eigenvalue weighted by Crippen LogP contribution is -2.46. The Labute approximate surface area is 128 Å². The number of carbonyl (C=O) groups excluding carboxylic acids is 1. The van der Waals surface area contributed by atoms with Crippen molar-refractivity contribution in [1.29, 1.82) is 0 Å². The van der Waals surface area contributed by atoms with Crippen molar-refractivity contribution in [2.75, 3.05) is 11.9 Å². The van der Waals surface area contributed by atoms with Crippen molar-refractivity contribution < 1.29 is 14.7 Å². The molecule has 1 aromatic heterocycles. The van der Waals surface area contributed by atoms with Crippen molar-refractivity contribution >= 4 is 28.4 Å². The summed E-state index contributed by atoms with van der Waals surface area (Å²) in [5.74, 6) is -1.21. The molecule has 1 aliphatic carbocycles. The number of anilines is 1. The van der Waals surface area contributed by atoms with Gasteiger partial charge in [-0.25, -0.2) is 4.79 Å². The van der Waals surface area contributed by atoms with Gasteiger partial charge >= 0.3 is 5.97 Å². The first-order valence-electron chi connectivity index (χ1n) is 7.09. The Morgan fingerprint density at radius 1 is 1.38 bits per heavy atom. The molecule has 0 atom stereocenters. The van der Waals surface area contributed by atoms with Crippen LogP contribution in [0.15, 0.2) is 0 Å². The number of nitrogens with zero attached hydrogens (tertiary/aromatic N) is 2. The Hall–Kier alpha value is -1.47. The second-order valence-corrected chi connectivity index (χ2v) is 6.56. The van der Waals surface area contributed by atoms with E-state index in [1.165, 1.54) is 11.3 Å². The molecule has 116 valence electrons. The molecular weight excluding hydrogens is 290 g/mol. The lowest BCUT2D eigenvalue weighted by molar-refractivity contribution is -0.119. The predicted octanol–water partition coefficient (Wildman–Crippen LogP) is 2.16. The van der Waals surface area contributed by atoms with Gasteiger partial charge in [0, 0.05) is 19.0 Å². The second-order valence-electron chi connectivity index (χ2n) is 5.81. The van der Waals surface area contributed by atoms with E-state index in [4.69, 9.17) is 5.73 Å². The zero-order valence-corrected chi connectivity index (χ0v) is 13.2. The summed E-state index contributed by atoms with van der Waals surface area (Å²) >= 11 is 1.04. The lowest BCUT2D eigenvalue weighted by atomic mass is 9.80. The minimum atomic E-state index is -1.06. The molecule has 0 saturated heterocycles. The van der Waals surface area contributed by atoms with Crippen LogP contribution in [0.1, 0.15) is 54.6 Å². The highest BCUT2D eigenvalue weighted by molar-refractivity contribution is 7.11. The molecule has 0 unspecified atom stereocenters. The lowest BCUT2D eigenvalue weighted by Gasteiger charge is -2.34. The molecule has 6 nitrogen and oxygen atoms in total. The van der Waals surface area contributed by atoms with E-state index in [1.807, 2.05) is 0 Å². The van der Waals surface area contributed by atoms with Crippen LogP contribution in [0, 0.1) is 6.92 Å². The van der Waals surface area contributed by atoms with Crippen LogP contribution in [0.3, 0.4) is 0 Å². The Balaban J connectivity index is 2.14. The van der Waals surface area contributed by atoms with Crippen molar-refractivity contribution in [2.24, 2.45) is 5.73 Å². The van der Waals surface area contributed by atoms with Gasteiger partial charge in [-0.2, -0.15) is 4.37 Å². The summed E-state index contributed by atoms with van der Waals surface area (Å²) in [6, 6.07) is 0. The van der Waals surface area contributed by atoms with Crippen LogP contribution in [-0.4, -0.2) is 33.9 Å². The summed E-state index contributed by atoms with van der Waals surface area (Å²) in [4.78, 5) is 25.1. The topological polar surface area (TPSA) is 96.5 Å². The quantitative estimate of drug-likeness (QED) is 0.888. The minimum Gasteiger partial charge on any atom is -0.478 e. The van der Waals surface area contributed by atoms with E-state index in [-0.39, 0.29) is 17.9 Å². The number of carbonyl (C=O) groups is 2. The van der Waals surface area contributed by atoms with E-state index in [9.17, 15) is 14.7 Å². The third kappa shape index (κ3) is 3.41. The molecular formula is C14H21N3O3S. The molecule has 0 aliphatic heterocycles. The van der Waals surface area contributed by atoms with Crippen LogP contribution in [0.25, 0.3) is 0 Å². The monoisotopic (exact) mass is 311 g/mol. The molecule has 0 bridgehead atoms. The van der Waals surface area contributed by atoms with Gasteiger partial charge < -0.3 is 15.7 Å². The van der Waals surface area contributed by atoms with Gasteiger partial charge in [-0.1, -0.05) is 19.3 Å². The van der Waals surface area contributed by atoms with Gasteiger partial charge in [0.05, 0.1) is 5.69 Å². The summed E-state index contributed by atoms with van der Waals surface area (Å²) in [5.41, 5.74) is 6.39. The SMILES string of the molecule is Cc1nsc(N(C)C(=O)CC2(N)CCCCC2)c1C(=O)O. The Morgan fingerprint density at radius 3 is 2.57 bits per heavy atom. The van der Waals surface area contributed by atoms with Crippen LogP contribution in [0.4, 0.5) is 5.00 Å². The maximum atomic E-state index is 12.4. The zero-order valence-electron chi connectivity index (χ0n) is 12.4. The van der Waals surface area contributed by atoms with E-state index >= 15 is 0 Å². The van der Waals surface area contributed by atoms with E-state index in [1.54, 1.807) is 14.0 Å². The molecule has 0 radical (unpaired) electrons. The van der Waals surface area contributed by atoms with Crippen molar-refractivity contribution in [3.05, 3.63) is 11.3 Å². The van der Waals surface area contributed by atoms with Crippen LogP contribution in [0.5, 0.6) is 0 Å².